The van der Waals surface area contributed by atoms with Crippen molar-refractivity contribution in [2.45, 2.75) is 45.2 Å². The van der Waals surface area contributed by atoms with Crippen LogP contribution in [0.2, 0.25) is 0 Å². The topological polar surface area (TPSA) is 72.7 Å². The minimum atomic E-state index is -0.0729. The van der Waals surface area contributed by atoms with Crippen molar-refractivity contribution in [2.75, 3.05) is 11.1 Å². The van der Waals surface area contributed by atoms with Crippen LogP contribution in [0.1, 0.15) is 42.9 Å². The molecule has 0 unspecified atom stereocenters. The van der Waals surface area contributed by atoms with E-state index in [1.807, 2.05) is 37.3 Å². The van der Waals surface area contributed by atoms with Gasteiger partial charge in [0.15, 0.2) is 0 Å². The lowest BCUT2D eigenvalue weighted by Crippen LogP contribution is -2.16. The Morgan fingerprint density at radius 2 is 1.96 bits per heavy atom. The summed E-state index contributed by atoms with van der Waals surface area (Å²) in [6.45, 7) is 8.40. The van der Waals surface area contributed by atoms with E-state index < -0.39 is 0 Å². The minimum Gasteiger partial charge on any atom is -0.325 e. The van der Waals surface area contributed by atoms with Crippen LogP contribution in [0.3, 0.4) is 0 Å². The molecule has 2 aromatic carbocycles. The largest absolute Gasteiger partial charge is 0.325 e. The van der Waals surface area contributed by atoms with E-state index in [1.54, 1.807) is 4.68 Å². The highest BCUT2D eigenvalue weighted by molar-refractivity contribution is 7.99. The summed E-state index contributed by atoms with van der Waals surface area (Å²) in [5.41, 5.74) is 5.24. The average molecular weight is 396 g/mol. The number of para-hydroxylation sites is 1. The van der Waals surface area contributed by atoms with Crippen molar-refractivity contribution in [3.8, 4) is 5.69 Å². The maximum Gasteiger partial charge on any atom is 0.234 e. The molecule has 3 rings (SSSR count). The number of carbonyl (C=O) groups excluding carboxylic acids is 1. The van der Waals surface area contributed by atoms with Crippen molar-refractivity contribution in [2.24, 2.45) is 0 Å². The maximum absolute atomic E-state index is 12.5. The van der Waals surface area contributed by atoms with E-state index in [4.69, 9.17) is 0 Å². The highest BCUT2D eigenvalue weighted by Gasteiger charge is 2.15. The Labute approximate surface area is 169 Å². The number of rotatable bonds is 7. The molecule has 0 radical (unpaired) electrons. The van der Waals surface area contributed by atoms with E-state index in [2.05, 4.69) is 53.7 Å². The Hall–Kier alpha value is -2.67. The van der Waals surface area contributed by atoms with Gasteiger partial charge in [-0.25, -0.2) is 0 Å². The van der Waals surface area contributed by atoms with Crippen LogP contribution in [0, 0.1) is 13.8 Å². The second-order valence-corrected chi connectivity index (χ2v) is 7.77. The Balaban J connectivity index is 1.70. The normalized spacial score (nSPS) is 12.0. The number of amides is 1. The molecule has 0 spiro atoms. The van der Waals surface area contributed by atoms with Gasteiger partial charge in [-0.05, 0) is 65.4 Å². The molecule has 1 amide bonds. The predicted molar refractivity (Wildman–Crippen MR) is 113 cm³/mol. The summed E-state index contributed by atoms with van der Waals surface area (Å²) in [5.74, 6) is 0.553. The van der Waals surface area contributed by atoms with Gasteiger partial charge in [0.2, 0.25) is 11.1 Å². The number of aromatic nitrogens is 4. The summed E-state index contributed by atoms with van der Waals surface area (Å²) >= 11 is 1.33. The lowest BCUT2D eigenvalue weighted by Gasteiger charge is -2.15. The minimum absolute atomic E-state index is 0.0729. The second kappa shape index (κ2) is 9.01. The van der Waals surface area contributed by atoms with E-state index in [0.717, 1.165) is 28.9 Å². The zero-order valence-electron chi connectivity index (χ0n) is 16.6. The number of tetrazole rings is 1. The number of nitrogens with zero attached hydrogens (tertiary/aromatic N) is 4. The fourth-order valence-corrected chi connectivity index (χ4v) is 3.65. The molecule has 0 saturated carbocycles. The number of aryl methyl sites for hydroxylation is 1. The van der Waals surface area contributed by atoms with Crippen LogP contribution < -0.4 is 5.32 Å². The van der Waals surface area contributed by atoms with E-state index in [-0.39, 0.29) is 11.7 Å². The van der Waals surface area contributed by atoms with Gasteiger partial charge in [-0.3, -0.25) is 4.79 Å². The van der Waals surface area contributed by atoms with Crippen LogP contribution in [0.4, 0.5) is 5.69 Å². The smallest absolute Gasteiger partial charge is 0.234 e. The standard InChI is InChI=1S/C21H25N5OS/c1-5-14(2)17-10-6-7-11-18(17)22-20(27)13-28-21-23-24-25-26(21)19-12-8-9-15(3)16(19)4/h6-12,14H,5,13H2,1-4H3,(H,22,27)/t14-/m0/s1. The van der Waals surface area contributed by atoms with Gasteiger partial charge in [0.25, 0.3) is 0 Å². The molecule has 0 aliphatic rings. The van der Waals surface area contributed by atoms with Crippen molar-refractivity contribution in [1.29, 1.82) is 0 Å². The molecule has 146 valence electrons. The van der Waals surface area contributed by atoms with Crippen molar-refractivity contribution in [3.05, 3.63) is 59.2 Å². The molecular weight excluding hydrogens is 370 g/mol. The lowest BCUT2D eigenvalue weighted by molar-refractivity contribution is -0.113. The fraction of sp³-hybridized carbons (Fsp3) is 0.333. The first-order chi connectivity index (χ1) is 13.5. The number of hydrogen-bond acceptors (Lipinski definition) is 5. The first-order valence-electron chi connectivity index (χ1n) is 9.37. The Morgan fingerprint density at radius 1 is 1.18 bits per heavy atom. The molecule has 0 saturated heterocycles. The molecule has 1 heterocycles. The van der Waals surface area contributed by atoms with Crippen LogP contribution in [0.25, 0.3) is 5.69 Å². The Bertz CT molecular complexity index is 969. The lowest BCUT2D eigenvalue weighted by atomic mass is 9.97. The third-order valence-electron chi connectivity index (χ3n) is 4.96. The third-order valence-corrected chi connectivity index (χ3v) is 5.87. The third kappa shape index (κ3) is 4.42. The van der Waals surface area contributed by atoms with Gasteiger partial charge in [0.05, 0.1) is 11.4 Å². The second-order valence-electron chi connectivity index (χ2n) is 6.83. The van der Waals surface area contributed by atoms with Gasteiger partial charge in [0, 0.05) is 5.69 Å². The number of anilines is 1. The number of thioether (sulfide) groups is 1. The van der Waals surface area contributed by atoms with Crippen LogP contribution in [-0.4, -0.2) is 31.9 Å². The molecule has 1 aromatic heterocycles. The van der Waals surface area contributed by atoms with Crippen LogP contribution in [0.5, 0.6) is 0 Å². The quantitative estimate of drug-likeness (QED) is 0.595. The van der Waals surface area contributed by atoms with Crippen molar-refractivity contribution < 1.29 is 4.79 Å². The number of nitrogens with one attached hydrogen (secondary N) is 1. The highest BCUT2D eigenvalue weighted by atomic mass is 32.2. The summed E-state index contributed by atoms with van der Waals surface area (Å²) in [5, 5.41) is 15.6. The van der Waals surface area contributed by atoms with Crippen molar-refractivity contribution >= 4 is 23.4 Å². The Morgan fingerprint density at radius 3 is 2.75 bits per heavy atom. The van der Waals surface area contributed by atoms with Gasteiger partial charge in [0.1, 0.15) is 0 Å². The summed E-state index contributed by atoms with van der Waals surface area (Å²) in [6.07, 6.45) is 1.02. The van der Waals surface area contributed by atoms with Gasteiger partial charge < -0.3 is 5.32 Å². The number of hydrogen-bond donors (Lipinski definition) is 1. The molecule has 0 aliphatic carbocycles. The van der Waals surface area contributed by atoms with Gasteiger partial charge in [-0.15, -0.1) is 5.10 Å². The predicted octanol–water partition coefficient (Wildman–Crippen LogP) is 4.52. The molecule has 6 nitrogen and oxygen atoms in total. The number of carbonyl (C=O) groups is 1. The van der Waals surface area contributed by atoms with E-state index in [9.17, 15) is 4.79 Å². The SMILES string of the molecule is CC[C@H](C)c1ccccc1NC(=O)CSc1nnnn1-c1cccc(C)c1C. The molecule has 0 fully saturated rings. The van der Waals surface area contributed by atoms with Crippen molar-refractivity contribution in [3.63, 3.8) is 0 Å². The van der Waals surface area contributed by atoms with Crippen LogP contribution in [-0.2, 0) is 4.79 Å². The first kappa shape index (κ1) is 20.1. The van der Waals surface area contributed by atoms with Gasteiger partial charge in [-0.2, -0.15) is 4.68 Å². The van der Waals surface area contributed by atoms with E-state index in [0.29, 0.717) is 11.1 Å². The maximum atomic E-state index is 12.5. The van der Waals surface area contributed by atoms with Gasteiger partial charge in [-0.1, -0.05) is 55.9 Å². The molecule has 3 aromatic rings. The highest BCUT2D eigenvalue weighted by Crippen LogP contribution is 2.27. The monoisotopic (exact) mass is 395 g/mol. The summed E-state index contributed by atoms with van der Waals surface area (Å²) in [7, 11) is 0. The van der Waals surface area contributed by atoms with Gasteiger partial charge >= 0.3 is 0 Å². The van der Waals surface area contributed by atoms with Crippen LogP contribution in [0.15, 0.2) is 47.6 Å². The average Bonchev–Trinajstić information content (AvgIpc) is 3.16. The molecule has 1 N–H and O–H groups in total. The fourth-order valence-electron chi connectivity index (χ4n) is 2.96. The molecule has 0 aliphatic heterocycles. The summed E-state index contributed by atoms with van der Waals surface area (Å²) < 4.78 is 1.69. The molecule has 1 atom stereocenters. The van der Waals surface area contributed by atoms with E-state index >= 15 is 0 Å². The summed E-state index contributed by atoms with van der Waals surface area (Å²) in [6, 6.07) is 14.0. The van der Waals surface area contributed by atoms with E-state index in [1.165, 1.54) is 17.3 Å². The van der Waals surface area contributed by atoms with Crippen LogP contribution >= 0.6 is 11.8 Å². The first-order valence-corrected chi connectivity index (χ1v) is 10.4. The van der Waals surface area contributed by atoms with Crippen molar-refractivity contribution in [1.82, 2.24) is 20.2 Å². The summed E-state index contributed by atoms with van der Waals surface area (Å²) in [4.78, 5) is 12.5. The molecule has 7 heteroatoms. The zero-order valence-corrected chi connectivity index (χ0v) is 17.5. The molecule has 0 bridgehead atoms. The number of benzene rings is 2. The molecule has 28 heavy (non-hydrogen) atoms. The zero-order chi connectivity index (χ0) is 20.1. The Kier molecular flexibility index (Phi) is 6.46. The molecular formula is C21H25N5OS.